The van der Waals surface area contributed by atoms with E-state index in [1.165, 1.54) is 0 Å². The average Bonchev–Trinajstić information content (AvgIpc) is 3.30. The Morgan fingerprint density at radius 3 is 2.50 bits per heavy atom. The van der Waals surface area contributed by atoms with Crippen molar-refractivity contribution in [1.29, 1.82) is 0 Å². The number of urea groups is 1. The van der Waals surface area contributed by atoms with Gasteiger partial charge in [-0.05, 0) is 47.9 Å². The van der Waals surface area contributed by atoms with Gasteiger partial charge >= 0.3 is 6.03 Å². The van der Waals surface area contributed by atoms with Crippen LogP contribution in [0.15, 0.2) is 73.1 Å². The first-order valence-corrected chi connectivity index (χ1v) is 10.8. The van der Waals surface area contributed by atoms with E-state index >= 15 is 0 Å². The maximum atomic E-state index is 12.6. The summed E-state index contributed by atoms with van der Waals surface area (Å²) < 4.78 is 7.65. The number of aliphatic hydroxyl groups is 1. The van der Waals surface area contributed by atoms with Crippen molar-refractivity contribution in [2.24, 2.45) is 0 Å². The number of hydrogen-bond donors (Lipinski definition) is 3. The number of aliphatic hydroxyl groups excluding tert-OH is 1. The van der Waals surface area contributed by atoms with Crippen LogP contribution >= 0.6 is 0 Å². The first-order valence-electron chi connectivity index (χ1n) is 10.8. The average molecular weight is 459 g/mol. The molecule has 0 fully saturated rings. The molecule has 0 spiro atoms. The Morgan fingerprint density at radius 1 is 1.03 bits per heavy atom. The fourth-order valence-corrected chi connectivity index (χ4v) is 3.33. The Labute approximate surface area is 197 Å². The fraction of sp³-hybridized carbons (Fsp3) is 0.200. The van der Waals surface area contributed by atoms with Crippen molar-refractivity contribution in [3.8, 4) is 17.3 Å². The molecule has 0 unspecified atom stereocenters. The Hall–Kier alpha value is -4.24. The number of hydrogen-bond acceptors (Lipinski definition) is 6. The lowest BCUT2D eigenvalue weighted by Gasteiger charge is -2.22. The Bertz CT molecular complexity index is 1280. The van der Waals surface area contributed by atoms with Crippen molar-refractivity contribution in [3.05, 3.63) is 84.3 Å². The van der Waals surface area contributed by atoms with Gasteiger partial charge in [0.05, 0.1) is 18.5 Å². The van der Waals surface area contributed by atoms with Gasteiger partial charge < -0.3 is 20.5 Å². The molecule has 0 atom stereocenters. The molecule has 174 valence electrons. The lowest BCUT2D eigenvalue weighted by Crippen LogP contribution is -2.20. The first kappa shape index (κ1) is 22.9. The van der Waals surface area contributed by atoms with E-state index in [9.17, 15) is 4.79 Å². The van der Waals surface area contributed by atoms with Gasteiger partial charge in [0.1, 0.15) is 17.1 Å². The van der Waals surface area contributed by atoms with Crippen LogP contribution in [0.25, 0.3) is 5.69 Å². The van der Waals surface area contributed by atoms with Gasteiger partial charge in [-0.15, -0.1) is 5.10 Å². The summed E-state index contributed by atoms with van der Waals surface area (Å²) in [6.07, 6.45) is 3.25. The zero-order valence-corrected chi connectivity index (χ0v) is 19.2. The van der Waals surface area contributed by atoms with Crippen LogP contribution in [-0.2, 0) is 12.0 Å². The molecule has 0 bridgehead atoms. The molecule has 9 nitrogen and oxygen atoms in total. The number of amides is 2. The van der Waals surface area contributed by atoms with Gasteiger partial charge in [-0.25, -0.2) is 14.5 Å². The molecule has 0 aliphatic carbocycles. The number of nitrogens with one attached hydrogen (secondary N) is 2. The van der Waals surface area contributed by atoms with Crippen LogP contribution in [0.5, 0.6) is 11.6 Å². The molecule has 4 rings (SSSR count). The first-order chi connectivity index (χ1) is 16.3. The molecule has 0 aliphatic rings. The molecule has 34 heavy (non-hydrogen) atoms. The SMILES string of the molecule is CC(C)(C)c1ccccc1Oc1ncccc1NC(=O)Nc1ccc(-n2cc(CO)nn2)cc1. The number of pyridine rings is 1. The summed E-state index contributed by atoms with van der Waals surface area (Å²) in [6.45, 7) is 6.15. The highest BCUT2D eigenvalue weighted by molar-refractivity contribution is 6.00. The van der Waals surface area contributed by atoms with Crippen LogP contribution in [0.4, 0.5) is 16.2 Å². The molecule has 3 N–H and O–H groups in total. The molecule has 0 saturated heterocycles. The summed E-state index contributed by atoms with van der Waals surface area (Å²) in [6, 6.07) is 17.9. The fourth-order valence-electron chi connectivity index (χ4n) is 3.33. The van der Waals surface area contributed by atoms with Crippen molar-refractivity contribution in [3.63, 3.8) is 0 Å². The normalized spacial score (nSPS) is 11.2. The quantitative estimate of drug-likeness (QED) is 0.379. The third kappa shape index (κ3) is 5.38. The van der Waals surface area contributed by atoms with Gasteiger partial charge in [-0.1, -0.05) is 44.2 Å². The van der Waals surface area contributed by atoms with E-state index < -0.39 is 6.03 Å². The highest BCUT2D eigenvalue weighted by Crippen LogP contribution is 2.35. The predicted octanol–water partition coefficient (Wildman–Crippen LogP) is 4.89. The smallest absolute Gasteiger partial charge is 0.323 e. The lowest BCUT2D eigenvalue weighted by molar-refractivity contribution is 0.262. The van der Waals surface area contributed by atoms with Crippen LogP contribution in [0.3, 0.4) is 0 Å². The number of nitrogens with zero attached hydrogens (tertiary/aromatic N) is 4. The molecule has 2 aromatic heterocycles. The molecule has 2 aromatic carbocycles. The highest BCUT2D eigenvalue weighted by atomic mass is 16.5. The van der Waals surface area contributed by atoms with Gasteiger partial charge in [-0.2, -0.15) is 0 Å². The summed E-state index contributed by atoms with van der Waals surface area (Å²) in [5.41, 5.74) is 3.18. The standard InChI is InChI=1S/C25H26N6O3/c1-25(2,3)20-7-4-5-9-22(20)34-23-21(8-6-14-26-23)28-24(33)27-17-10-12-19(13-11-17)31-15-18(16-32)29-30-31/h4-15,32H,16H2,1-3H3,(H2,27,28,33). The van der Waals surface area contributed by atoms with Gasteiger partial charge in [0.2, 0.25) is 5.88 Å². The van der Waals surface area contributed by atoms with Crippen molar-refractivity contribution in [2.45, 2.75) is 32.8 Å². The van der Waals surface area contributed by atoms with E-state index in [1.54, 1.807) is 53.5 Å². The number of para-hydroxylation sites is 1. The molecule has 0 aliphatic heterocycles. The number of aromatic nitrogens is 4. The second kappa shape index (κ2) is 9.72. The van der Waals surface area contributed by atoms with Crippen molar-refractivity contribution < 1.29 is 14.6 Å². The Kier molecular flexibility index (Phi) is 6.55. The minimum Gasteiger partial charge on any atom is -0.437 e. The van der Waals surface area contributed by atoms with E-state index in [1.807, 2.05) is 24.3 Å². The van der Waals surface area contributed by atoms with Gasteiger partial charge in [0.25, 0.3) is 0 Å². The molecular formula is C25H26N6O3. The van der Waals surface area contributed by atoms with Crippen LogP contribution in [0.1, 0.15) is 32.0 Å². The van der Waals surface area contributed by atoms with Gasteiger partial charge in [0.15, 0.2) is 0 Å². The summed E-state index contributed by atoms with van der Waals surface area (Å²) in [4.78, 5) is 17.0. The summed E-state index contributed by atoms with van der Waals surface area (Å²) in [5, 5.41) is 22.5. The van der Waals surface area contributed by atoms with Crippen LogP contribution in [0, 0.1) is 0 Å². The van der Waals surface area contributed by atoms with Crippen LogP contribution in [-0.4, -0.2) is 31.1 Å². The maximum Gasteiger partial charge on any atom is 0.323 e. The van der Waals surface area contributed by atoms with Crippen molar-refractivity contribution in [1.82, 2.24) is 20.0 Å². The van der Waals surface area contributed by atoms with E-state index in [0.29, 0.717) is 28.7 Å². The Balaban J connectivity index is 1.45. The van der Waals surface area contributed by atoms with Gasteiger partial charge in [0, 0.05) is 17.4 Å². The van der Waals surface area contributed by atoms with E-state index in [2.05, 4.69) is 46.7 Å². The second-order valence-corrected chi connectivity index (χ2v) is 8.64. The van der Waals surface area contributed by atoms with E-state index in [4.69, 9.17) is 9.84 Å². The van der Waals surface area contributed by atoms with E-state index in [-0.39, 0.29) is 12.0 Å². The molecule has 2 heterocycles. The summed E-state index contributed by atoms with van der Waals surface area (Å²) >= 11 is 0. The third-order valence-electron chi connectivity index (χ3n) is 5.01. The number of rotatable bonds is 6. The van der Waals surface area contributed by atoms with Crippen molar-refractivity contribution >= 4 is 17.4 Å². The summed E-state index contributed by atoms with van der Waals surface area (Å²) in [7, 11) is 0. The number of carbonyl (C=O) groups excluding carboxylic acids is 1. The lowest BCUT2D eigenvalue weighted by atomic mass is 9.86. The largest absolute Gasteiger partial charge is 0.437 e. The minimum atomic E-state index is -0.432. The minimum absolute atomic E-state index is 0.117. The zero-order valence-electron chi connectivity index (χ0n) is 19.2. The molecule has 2 amide bonds. The summed E-state index contributed by atoms with van der Waals surface area (Å²) in [5.74, 6) is 0.987. The van der Waals surface area contributed by atoms with Crippen molar-refractivity contribution in [2.75, 3.05) is 10.6 Å². The topological polar surface area (TPSA) is 114 Å². The Morgan fingerprint density at radius 2 is 1.79 bits per heavy atom. The molecule has 9 heteroatoms. The third-order valence-corrected chi connectivity index (χ3v) is 5.01. The molecule has 0 radical (unpaired) electrons. The zero-order chi connectivity index (χ0) is 24.1. The number of carbonyl (C=O) groups is 1. The van der Waals surface area contributed by atoms with Gasteiger partial charge in [-0.3, -0.25) is 0 Å². The van der Waals surface area contributed by atoms with E-state index in [0.717, 1.165) is 11.3 Å². The van der Waals surface area contributed by atoms with Crippen LogP contribution < -0.4 is 15.4 Å². The molecule has 0 saturated carbocycles. The number of anilines is 2. The van der Waals surface area contributed by atoms with Crippen LogP contribution in [0.2, 0.25) is 0 Å². The molecular weight excluding hydrogens is 432 g/mol. The number of ether oxygens (including phenoxy) is 1. The second-order valence-electron chi connectivity index (χ2n) is 8.64. The molecule has 4 aromatic rings. The monoisotopic (exact) mass is 458 g/mol. The highest BCUT2D eigenvalue weighted by Gasteiger charge is 2.20. The maximum absolute atomic E-state index is 12.6. The predicted molar refractivity (Wildman–Crippen MR) is 129 cm³/mol. The number of benzene rings is 2.